The van der Waals surface area contributed by atoms with Gasteiger partial charge in [-0.2, -0.15) is 0 Å². The van der Waals surface area contributed by atoms with E-state index in [1.54, 1.807) is 24.3 Å². The van der Waals surface area contributed by atoms with Crippen molar-refractivity contribution in [3.63, 3.8) is 0 Å². The van der Waals surface area contributed by atoms with E-state index in [2.05, 4.69) is 21.2 Å². The van der Waals surface area contributed by atoms with E-state index >= 15 is 0 Å². The van der Waals surface area contributed by atoms with E-state index in [-0.39, 0.29) is 17.0 Å². The number of rotatable bonds is 3. The fourth-order valence-corrected chi connectivity index (χ4v) is 2.41. The van der Waals surface area contributed by atoms with Crippen molar-refractivity contribution in [3.05, 3.63) is 62.3 Å². The number of halogens is 4. The summed E-state index contributed by atoms with van der Waals surface area (Å²) in [6, 6.07) is 9.37. The van der Waals surface area contributed by atoms with Crippen LogP contribution < -0.4 is 5.32 Å². The first-order chi connectivity index (χ1) is 9.47. The minimum Gasteiger partial charge on any atom is -0.324 e. The number of hydrogen-bond acceptors (Lipinski definition) is 1. The Morgan fingerprint density at radius 2 is 1.95 bits per heavy atom. The van der Waals surface area contributed by atoms with Crippen molar-refractivity contribution < 1.29 is 9.18 Å². The Bertz CT molecular complexity index is 643. The predicted octanol–water partition coefficient (Wildman–Crippen LogP) is 5.08. The number of carbonyl (C=O) groups excluding carboxylic acids is 1. The second kappa shape index (κ2) is 6.57. The molecule has 0 spiro atoms. The smallest absolute Gasteiger partial charge is 0.229 e. The summed E-state index contributed by atoms with van der Waals surface area (Å²) in [5, 5.41) is 3.25. The molecule has 0 aliphatic rings. The molecule has 0 atom stereocenters. The minimum atomic E-state index is -0.506. The Balaban J connectivity index is 2.15. The lowest BCUT2D eigenvalue weighted by molar-refractivity contribution is -0.115. The fourth-order valence-electron chi connectivity index (χ4n) is 1.65. The first kappa shape index (κ1) is 15.3. The molecule has 2 aromatic rings. The topological polar surface area (TPSA) is 29.1 Å². The van der Waals surface area contributed by atoms with Crippen molar-refractivity contribution in [2.75, 3.05) is 5.32 Å². The molecule has 0 aliphatic carbocycles. The van der Waals surface area contributed by atoms with Crippen LogP contribution in [0.1, 0.15) is 5.56 Å². The summed E-state index contributed by atoms with van der Waals surface area (Å²) in [4.78, 5) is 11.9. The molecule has 0 bridgehead atoms. The van der Waals surface area contributed by atoms with Gasteiger partial charge in [0.15, 0.2) is 0 Å². The standard InChI is InChI=1S/C14H9BrCl2FNO/c15-8-4-5-11(17)13(6-8)19-14(20)7-9-10(16)2-1-3-12(9)18/h1-6H,7H2,(H,19,20). The molecular weight excluding hydrogens is 368 g/mol. The van der Waals surface area contributed by atoms with Crippen LogP contribution in [-0.2, 0) is 11.2 Å². The molecule has 104 valence electrons. The van der Waals surface area contributed by atoms with E-state index in [4.69, 9.17) is 23.2 Å². The van der Waals surface area contributed by atoms with Gasteiger partial charge in [-0.15, -0.1) is 0 Å². The zero-order valence-corrected chi connectivity index (χ0v) is 13.2. The quantitative estimate of drug-likeness (QED) is 0.795. The Labute approximate surface area is 134 Å². The summed E-state index contributed by atoms with van der Waals surface area (Å²) in [6.45, 7) is 0. The summed E-state index contributed by atoms with van der Waals surface area (Å²) in [7, 11) is 0. The molecule has 2 aromatic carbocycles. The van der Waals surface area contributed by atoms with E-state index in [0.717, 1.165) is 4.47 Å². The minimum absolute atomic E-state index is 0.158. The van der Waals surface area contributed by atoms with Gasteiger partial charge in [-0.1, -0.05) is 45.2 Å². The average Bonchev–Trinajstić information content (AvgIpc) is 2.38. The number of anilines is 1. The van der Waals surface area contributed by atoms with Crippen LogP contribution in [0.4, 0.5) is 10.1 Å². The van der Waals surface area contributed by atoms with E-state index in [0.29, 0.717) is 10.7 Å². The third kappa shape index (κ3) is 3.72. The molecule has 20 heavy (non-hydrogen) atoms. The molecule has 0 heterocycles. The molecule has 0 radical (unpaired) electrons. The maximum atomic E-state index is 13.6. The van der Waals surface area contributed by atoms with Crippen LogP contribution in [0.2, 0.25) is 10.0 Å². The molecule has 2 nitrogen and oxygen atoms in total. The number of nitrogens with one attached hydrogen (secondary N) is 1. The maximum absolute atomic E-state index is 13.6. The molecule has 0 aliphatic heterocycles. The van der Waals surface area contributed by atoms with Crippen LogP contribution in [0.25, 0.3) is 0 Å². The highest BCUT2D eigenvalue weighted by Crippen LogP contribution is 2.26. The van der Waals surface area contributed by atoms with E-state index in [1.807, 2.05) is 0 Å². The zero-order chi connectivity index (χ0) is 14.7. The van der Waals surface area contributed by atoms with Crippen molar-refractivity contribution in [1.29, 1.82) is 0 Å². The van der Waals surface area contributed by atoms with Gasteiger partial charge in [-0.25, -0.2) is 4.39 Å². The third-order valence-corrected chi connectivity index (χ3v) is 3.78. The molecule has 1 amide bonds. The maximum Gasteiger partial charge on any atom is 0.229 e. The van der Waals surface area contributed by atoms with Gasteiger partial charge in [0, 0.05) is 15.1 Å². The van der Waals surface area contributed by atoms with Crippen molar-refractivity contribution in [2.24, 2.45) is 0 Å². The van der Waals surface area contributed by atoms with Crippen LogP contribution in [0.15, 0.2) is 40.9 Å². The van der Waals surface area contributed by atoms with Crippen molar-refractivity contribution in [3.8, 4) is 0 Å². The molecule has 0 fully saturated rings. The Kier molecular flexibility index (Phi) is 5.02. The van der Waals surface area contributed by atoms with Gasteiger partial charge in [-0.05, 0) is 30.3 Å². The Morgan fingerprint density at radius 1 is 1.20 bits per heavy atom. The van der Waals surface area contributed by atoms with Gasteiger partial charge in [0.2, 0.25) is 5.91 Å². The molecule has 1 N–H and O–H groups in total. The first-order valence-corrected chi connectivity index (χ1v) is 7.20. The fraction of sp³-hybridized carbons (Fsp3) is 0.0714. The third-order valence-electron chi connectivity index (χ3n) is 2.60. The molecule has 0 aromatic heterocycles. The Hall–Kier alpha value is -1.10. The van der Waals surface area contributed by atoms with Crippen molar-refractivity contribution in [1.82, 2.24) is 0 Å². The van der Waals surface area contributed by atoms with Crippen LogP contribution in [0, 0.1) is 5.82 Å². The van der Waals surface area contributed by atoms with Gasteiger partial charge in [-0.3, -0.25) is 4.79 Å². The first-order valence-electron chi connectivity index (χ1n) is 5.65. The SMILES string of the molecule is O=C(Cc1c(F)cccc1Cl)Nc1cc(Br)ccc1Cl. The number of hydrogen-bond donors (Lipinski definition) is 1. The van der Waals surface area contributed by atoms with E-state index in [1.165, 1.54) is 12.1 Å². The number of benzene rings is 2. The zero-order valence-electron chi connectivity index (χ0n) is 10.1. The summed E-state index contributed by atoms with van der Waals surface area (Å²) >= 11 is 15.1. The van der Waals surface area contributed by atoms with Gasteiger partial charge < -0.3 is 5.32 Å². The summed E-state index contributed by atoms with van der Waals surface area (Å²) in [5.74, 6) is -0.898. The lowest BCUT2D eigenvalue weighted by Gasteiger charge is -2.09. The Morgan fingerprint density at radius 3 is 2.65 bits per heavy atom. The molecule has 0 saturated heterocycles. The second-order valence-corrected chi connectivity index (χ2v) is 5.78. The van der Waals surface area contributed by atoms with Crippen molar-refractivity contribution in [2.45, 2.75) is 6.42 Å². The molecule has 0 unspecified atom stereocenters. The number of amides is 1. The largest absolute Gasteiger partial charge is 0.324 e. The van der Waals surface area contributed by atoms with Crippen LogP contribution in [0.3, 0.4) is 0 Å². The number of carbonyl (C=O) groups is 1. The lowest BCUT2D eigenvalue weighted by Crippen LogP contribution is -2.15. The van der Waals surface area contributed by atoms with Gasteiger partial charge >= 0.3 is 0 Å². The average molecular weight is 377 g/mol. The molecule has 0 saturated carbocycles. The van der Waals surface area contributed by atoms with Crippen LogP contribution in [-0.4, -0.2) is 5.91 Å². The van der Waals surface area contributed by atoms with Crippen LogP contribution in [0.5, 0.6) is 0 Å². The second-order valence-electron chi connectivity index (χ2n) is 4.05. The van der Waals surface area contributed by atoms with Gasteiger partial charge in [0.25, 0.3) is 0 Å². The predicted molar refractivity (Wildman–Crippen MR) is 82.9 cm³/mol. The molecule has 2 rings (SSSR count). The summed E-state index contributed by atoms with van der Waals surface area (Å²) < 4.78 is 14.4. The van der Waals surface area contributed by atoms with E-state index in [9.17, 15) is 9.18 Å². The summed E-state index contributed by atoms with van der Waals surface area (Å²) in [5.41, 5.74) is 0.622. The highest BCUT2D eigenvalue weighted by Gasteiger charge is 2.13. The van der Waals surface area contributed by atoms with Gasteiger partial charge in [0.1, 0.15) is 5.82 Å². The molecular formula is C14H9BrCl2FNO. The molecule has 6 heteroatoms. The van der Waals surface area contributed by atoms with Crippen LogP contribution >= 0.6 is 39.1 Å². The monoisotopic (exact) mass is 375 g/mol. The lowest BCUT2D eigenvalue weighted by atomic mass is 10.1. The summed E-state index contributed by atoms with van der Waals surface area (Å²) in [6.07, 6.45) is -0.158. The highest BCUT2D eigenvalue weighted by atomic mass is 79.9. The van der Waals surface area contributed by atoms with Gasteiger partial charge in [0.05, 0.1) is 17.1 Å². The van der Waals surface area contributed by atoms with Crippen molar-refractivity contribution >= 4 is 50.7 Å². The highest BCUT2D eigenvalue weighted by molar-refractivity contribution is 9.10. The van der Waals surface area contributed by atoms with E-state index < -0.39 is 11.7 Å². The normalized spacial score (nSPS) is 10.4.